The van der Waals surface area contributed by atoms with Gasteiger partial charge in [0.2, 0.25) is 0 Å². The molecule has 0 radical (unpaired) electrons. The van der Waals surface area contributed by atoms with Gasteiger partial charge >= 0.3 is 0 Å². The molecule has 0 bridgehead atoms. The third-order valence-electron chi connectivity index (χ3n) is 0.980. The fourth-order valence-corrected chi connectivity index (χ4v) is 0.356. The molecule has 54 valence electrons. The average molecular weight is 169 g/mol. The van der Waals surface area contributed by atoms with Crippen LogP contribution in [-0.2, 0) is 9.59 Å². The maximum atomic E-state index is 10.3. The number of carbonyl (C=O) groups is 2. The highest BCUT2D eigenvalue weighted by Crippen LogP contribution is 1.99. The smallest absolute Gasteiger partial charge is 0.196 e. The van der Waals surface area contributed by atoms with Crippen LogP contribution in [0.15, 0.2) is 0 Å². The van der Waals surface area contributed by atoms with Crippen molar-refractivity contribution in [3.8, 4) is 0 Å². The van der Waals surface area contributed by atoms with Crippen molar-refractivity contribution in [2.45, 2.75) is 13.8 Å². The van der Waals surface area contributed by atoms with Gasteiger partial charge in [0.1, 0.15) is 5.78 Å². The Morgan fingerprint density at radius 2 is 1.78 bits per heavy atom. The minimum Gasteiger partial charge on any atom is -0.299 e. The van der Waals surface area contributed by atoms with Crippen molar-refractivity contribution in [3.05, 3.63) is 0 Å². The fourth-order valence-electron chi connectivity index (χ4n) is 0.174. The summed E-state index contributed by atoms with van der Waals surface area (Å²) in [5, 5.41) is -0.363. The van der Waals surface area contributed by atoms with Crippen molar-refractivity contribution in [1.29, 1.82) is 0 Å². The summed E-state index contributed by atoms with van der Waals surface area (Å²) in [7, 11) is 0. The van der Waals surface area contributed by atoms with E-state index in [0.717, 1.165) is 0 Å². The topological polar surface area (TPSA) is 34.1 Å². The first-order chi connectivity index (χ1) is 3.55. The highest BCUT2D eigenvalue weighted by molar-refractivity contribution is 7.96. The molecule has 0 heterocycles. The van der Waals surface area contributed by atoms with E-state index in [1.54, 1.807) is 0 Å². The Morgan fingerprint density at radius 3 is 1.78 bits per heavy atom. The molecule has 1 atom stereocenters. The zero-order valence-corrected chi connectivity index (χ0v) is 6.96. The molecule has 0 saturated heterocycles. The molecule has 0 saturated carbocycles. The monoisotopic (exact) mass is 168 g/mol. The lowest BCUT2D eigenvalue weighted by molar-refractivity contribution is -0.126. The molecule has 0 amide bonds. The summed E-state index contributed by atoms with van der Waals surface area (Å²) in [5.74, 6) is -0.677. The molecule has 0 rings (SSSR count). The van der Waals surface area contributed by atoms with Crippen LogP contribution in [0.1, 0.15) is 13.8 Å². The van der Waals surface area contributed by atoms with Gasteiger partial charge in [0.05, 0.1) is 5.92 Å². The van der Waals surface area contributed by atoms with Crippen LogP contribution in [0.25, 0.3) is 0 Å². The first-order valence-corrected chi connectivity index (χ1v) is 2.73. The molecular weight excluding hydrogens is 160 g/mol. The zero-order chi connectivity index (χ0) is 6.73. The van der Waals surface area contributed by atoms with E-state index in [4.69, 9.17) is 0 Å². The molecule has 0 fully saturated rings. The molecule has 0 spiro atoms. The Bertz CT molecular complexity index is 110. The number of carbonyl (C=O) groups excluding carboxylic acids is 2. The number of ketones is 1. The van der Waals surface area contributed by atoms with Gasteiger partial charge in [-0.3, -0.25) is 9.59 Å². The Kier molecular flexibility index (Phi) is 6.29. The van der Waals surface area contributed by atoms with Crippen molar-refractivity contribution < 1.29 is 9.59 Å². The summed E-state index contributed by atoms with van der Waals surface area (Å²) in [6, 6.07) is 0. The molecule has 0 aromatic rings. The lowest BCUT2D eigenvalue weighted by Crippen LogP contribution is -2.12. The van der Waals surface area contributed by atoms with Gasteiger partial charge in [-0.05, 0) is 13.8 Å². The molecule has 0 N–H and O–H groups in total. The summed E-state index contributed by atoms with van der Waals surface area (Å²) >= 11 is 3.47. The quantitative estimate of drug-likeness (QED) is 0.495. The van der Waals surface area contributed by atoms with Crippen LogP contribution < -0.4 is 0 Å². The molecule has 0 aliphatic carbocycles. The highest BCUT2D eigenvalue weighted by Gasteiger charge is 2.12. The highest BCUT2D eigenvalue weighted by atomic mass is 35.5. The molecule has 0 aromatic carbocycles. The van der Waals surface area contributed by atoms with Gasteiger partial charge in [-0.2, -0.15) is 0 Å². The number of halogens is 1. The molecule has 0 aliphatic heterocycles. The first kappa shape index (κ1) is 11.7. The van der Waals surface area contributed by atoms with Crippen molar-refractivity contribution in [1.82, 2.24) is 0 Å². The van der Waals surface area contributed by atoms with E-state index in [0.29, 0.717) is 0 Å². The van der Waals surface area contributed by atoms with Crippen molar-refractivity contribution >= 4 is 35.9 Å². The van der Waals surface area contributed by atoms with Gasteiger partial charge in [-0.1, -0.05) is 0 Å². The van der Waals surface area contributed by atoms with Gasteiger partial charge in [0.15, 0.2) is 5.12 Å². The SMILES string of the molecule is CC(=O)C(C)C(=O)S.Cl. The van der Waals surface area contributed by atoms with E-state index in [1.165, 1.54) is 13.8 Å². The summed E-state index contributed by atoms with van der Waals surface area (Å²) in [6.45, 7) is 2.91. The molecular formula is C5H9ClO2S. The van der Waals surface area contributed by atoms with Gasteiger partial charge in [-0.25, -0.2) is 0 Å². The van der Waals surface area contributed by atoms with Crippen molar-refractivity contribution in [2.24, 2.45) is 5.92 Å². The second kappa shape index (κ2) is 4.82. The second-order valence-corrected chi connectivity index (χ2v) is 2.11. The van der Waals surface area contributed by atoms with Crippen molar-refractivity contribution in [2.75, 3.05) is 0 Å². The van der Waals surface area contributed by atoms with E-state index in [2.05, 4.69) is 12.6 Å². The molecule has 0 aliphatic rings. The Hall–Kier alpha value is -0.0200. The van der Waals surface area contributed by atoms with Crippen LogP contribution in [-0.4, -0.2) is 10.9 Å². The number of hydrogen-bond donors (Lipinski definition) is 1. The fraction of sp³-hybridized carbons (Fsp3) is 0.600. The second-order valence-electron chi connectivity index (χ2n) is 1.67. The third kappa shape index (κ3) is 4.48. The van der Waals surface area contributed by atoms with Gasteiger partial charge in [0, 0.05) is 0 Å². The van der Waals surface area contributed by atoms with Gasteiger partial charge in [0.25, 0.3) is 0 Å². The van der Waals surface area contributed by atoms with E-state index in [9.17, 15) is 9.59 Å². The first-order valence-electron chi connectivity index (χ1n) is 2.29. The third-order valence-corrected chi connectivity index (χ3v) is 1.37. The Labute approximate surface area is 65.8 Å². The summed E-state index contributed by atoms with van der Waals surface area (Å²) in [4.78, 5) is 20.5. The lowest BCUT2D eigenvalue weighted by Gasteiger charge is -1.96. The van der Waals surface area contributed by atoms with Crippen LogP contribution in [0.5, 0.6) is 0 Å². The molecule has 1 unspecified atom stereocenters. The maximum Gasteiger partial charge on any atom is 0.196 e. The summed E-state index contributed by atoms with van der Waals surface area (Å²) < 4.78 is 0. The summed E-state index contributed by atoms with van der Waals surface area (Å²) in [5.41, 5.74) is 0. The van der Waals surface area contributed by atoms with E-state index < -0.39 is 5.92 Å². The number of rotatable bonds is 2. The number of hydrogen-bond acceptors (Lipinski definition) is 2. The average Bonchev–Trinajstić information content (AvgIpc) is 1.64. The van der Waals surface area contributed by atoms with Crippen LogP contribution in [0, 0.1) is 5.92 Å². The minimum atomic E-state index is -0.543. The van der Waals surface area contributed by atoms with Gasteiger partial charge < -0.3 is 0 Å². The van der Waals surface area contributed by atoms with E-state index in [1.807, 2.05) is 0 Å². The van der Waals surface area contributed by atoms with E-state index in [-0.39, 0.29) is 23.3 Å². The number of Topliss-reactive ketones (excluding diaryl/α,β-unsaturated/α-hetero) is 1. The predicted octanol–water partition coefficient (Wildman–Crippen LogP) is 1.09. The van der Waals surface area contributed by atoms with Crippen LogP contribution in [0.4, 0.5) is 0 Å². The Morgan fingerprint density at radius 1 is 1.44 bits per heavy atom. The lowest BCUT2D eigenvalue weighted by atomic mass is 10.1. The predicted molar refractivity (Wildman–Crippen MR) is 41.1 cm³/mol. The largest absolute Gasteiger partial charge is 0.299 e. The number of thiol groups is 1. The van der Waals surface area contributed by atoms with Crippen molar-refractivity contribution in [3.63, 3.8) is 0 Å². The van der Waals surface area contributed by atoms with Crippen LogP contribution in [0.2, 0.25) is 0 Å². The van der Waals surface area contributed by atoms with Crippen LogP contribution >= 0.6 is 25.0 Å². The maximum absolute atomic E-state index is 10.3. The van der Waals surface area contributed by atoms with E-state index >= 15 is 0 Å². The zero-order valence-electron chi connectivity index (χ0n) is 5.25. The summed E-state index contributed by atoms with van der Waals surface area (Å²) in [6.07, 6.45) is 0. The normalized spacial score (nSPS) is 11.4. The molecule has 0 aromatic heterocycles. The minimum absolute atomic E-state index is 0. The van der Waals surface area contributed by atoms with Gasteiger partial charge in [-0.15, -0.1) is 25.0 Å². The Balaban J connectivity index is 0. The molecule has 2 nitrogen and oxygen atoms in total. The molecule has 9 heavy (non-hydrogen) atoms. The standard InChI is InChI=1S/C5H8O2S.ClH/c1-3(4(2)6)5(7)8;/h3H,1-2H3,(H,7,8);1H. The van der Waals surface area contributed by atoms with Crippen LogP contribution in [0.3, 0.4) is 0 Å². The molecule has 4 heteroatoms.